The lowest BCUT2D eigenvalue weighted by molar-refractivity contribution is 0.129. The van der Waals surface area contributed by atoms with Crippen molar-refractivity contribution in [3.05, 3.63) is 42.1 Å². The van der Waals surface area contributed by atoms with Gasteiger partial charge in [0.1, 0.15) is 0 Å². The SMILES string of the molecule is C=C(C1CCCC(C2CCC2)C1)N1CCN(c2ccc(C(C)C)cc2)CC1. The number of piperazine rings is 1. The van der Waals surface area contributed by atoms with Crippen molar-refractivity contribution in [3.8, 4) is 0 Å². The molecule has 0 spiro atoms. The summed E-state index contributed by atoms with van der Waals surface area (Å²) in [6.45, 7) is 13.6. The Morgan fingerprint density at radius 1 is 0.889 bits per heavy atom. The van der Waals surface area contributed by atoms with Gasteiger partial charge in [-0.15, -0.1) is 0 Å². The maximum atomic E-state index is 4.58. The third-order valence-corrected chi connectivity index (χ3v) is 7.61. The first-order valence-electron chi connectivity index (χ1n) is 11.4. The van der Waals surface area contributed by atoms with Crippen LogP contribution in [0.15, 0.2) is 36.5 Å². The summed E-state index contributed by atoms with van der Waals surface area (Å²) < 4.78 is 0. The number of benzene rings is 1. The minimum absolute atomic E-state index is 0.610. The van der Waals surface area contributed by atoms with Crippen molar-refractivity contribution in [2.24, 2.45) is 17.8 Å². The molecule has 27 heavy (non-hydrogen) atoms. The van der Waals surface area contributed by atoms with Gasteiger partial charge in [-0.1, -0.05) is 64.7 Å². The third kappa shape index (κ3) is 4.20. The van der Waals surface area contributed by atoms with E-state index in [-0.39, 0.29) is 0 Å². The molecular formula is C25H38N2. The highest BCUT2D eigenvalue weighted by molar-refractivity contribution is 5.48. The normalized spacial score (nSPS) is 26.9. The summed E-state index contributed by atoms with van der Waals surface area (Å²) in [7, 11) is 0. The molecule has 4 rings (SSSR count). The zero-order valence-electron chi connectivity index (χ0n) is 17.5. The molecule has 3 fully saturated rings. The Morgan fingerprint density at radius 2 is 1.52 bits per heavy atom. The van der Waals surface area contributed by atoms with E-state index in [2.05, 4.69) is 54.5 Å². The summed E-state index contributed by atoms with van der Waals surface area (Å²) in [5.41, 5.74) is 4.27. The topological polar surface area (TPSA) is 6.48 Å². The fourth-order valence-corrected chi connectivity index (χ4v) is 5.45. The summed E-state index contributed by atoms with van der Waals surface area (Å²) >= 11 is 0. The predicted molar refractivity (Wildman–Crippen MR) is 116 cm³/mol. The van der Waals surface area contributed by atoms with Crippen LogP contribution in [0.4, 0.5) is 5.69 Å². The predicted octanol–water partition coefficient (Wildman–Crippen LogP) is 6.05. The standard InChI is InChI=1S/C25H38N2/c1-19(2)21-10-12-25(13-11-21)27-16-14-26(15-17-27)20(3)23-8-5-9-24(18-23)22-6-4-7-22/h10-13,19,22-24H,3-9,14-18H2,1-2H3. The Balaban J connectivity index is 1.30. The average molecular weight is 367 g/mol. The summed E-state index contributed by atoms with van der Waals surface area (Å²) in [5, 5.41) is 0. The van der Waals surface area contributed by atoms with Crippen LogP contribution in [-0.4, -0.2) is 31.1 Å². The molecule has 1 aliphatic heterocycles. The van der Waals surface area contributed by atoms with Gasteiger partial charge in [-0.2, -0.15) is 0 Å². The van der Waals surface area contributed by atoms with Gasteiger partial charge in [0.05, 0.1) is 0 Å². The van der Waals surface area contributed by atoms with Gasteiger partial charge in [-0.05, 0) is 54.2 Å². The molecule has 2 nitrogen and oxygen atoms in total. The molecule has 1 aromatic carbocycles. The first kappa shape index (κ1) is 18.9. The minimum atomic E-state index is 0.610. The molecular weight excluding hydrogens is 328 g/mol. The second kappa shape index (κ2) is 8.29. The van der Waals surface area contributed by atoms with E-state index in [4.69, 9.17) is 0 Å². The first-order chi connectivity index (χ1) is 13.1. The van der Waals surface area contributed by atoms with Crippen LogP contribution in [0.5, 0.6) is 0 Å². The number of nitrogens with zero attached hydrogens (tertiary/aromatic N) is 2. The molecule has 3 aliphatic rings. The molecule has 2 unspecified atom stereocenters. The Labute approximate surface area is 166 Å². The molecule has 0 amide bonds. The number of allylic oxidation sites excluding steroid dienone is 1. The molecule has 0 radical (unpaired) electrons. The molecule has 1 heterocycles. The third-order valence-electron chi connectivity index (χ3n) is 7.61. The fourth-order valence-electron chi connectivity index (χ4n) is 5.45. The van der Waals surface area contributed by atoms with Crippen LogP contribution in [0.1, 0.15) is 70.3 Å². The van der Waals surface area contributed by atoms with Crippen molar-refractivity contribution < 1.29 is 0 Å². The molecule has 148 valence electrons. The smallest absolute Gasteiger partial charge is 0.0367 e. The van der Waals surface area contributed by atoms with E-state index in [1.807, 2.05) is 0 Å². The second-order valence-corrected chi connectivity index (χ2v) is 9.53. The van der Waals surface area contributed by atoms with E-state index < -0.39 is 0 Å². The minimum Gasteiger partial charge on any atom is -0.372 e. The molecule has 1 aromatic rings. The van der Waals surface area contributed by atoms with Crippen molar-refractivity contribution in [3.63, 3.8) is 0 Å². The molecule has 0 bridgehead atoms. The fraction of sp³-hybridized carbons (Fsp3) is 0.680. The Kier molecular flexibility index (Phi) is 5.80. The lowest BCUT2D eigenvalue weighted by Gasteiger charge is -2.44. The van der Waals surface area contributed by atoms with Gasteiger partial charge < -0.3 is 9.80 Å². The molecule has 2 heteroatoms. The van der Waals surface area contributed by atoms with Crippen molar-refractivity contribution in [2.45, 2.75) is 64.7 Å². The Hall–Kier alpha value is -1.44. The monoisotopic (exact) mass is 366 g/mol. The van der Waals surface area contributed by atoms with E-state index in [9.17, 15) is 0 Å². The highest BCUT2D eigenvalue weighted by atomic mass is 15.3. The first-order valence-corrected chi connectivity index (χ1v) is 11.4. The van der Waals surface area contributed by atoms with Gasteiger partial charge in [0.15, 0.2) is 0 Å². The van der Waals surface area contributed by atoms with E-state index >= 15 is 0 Å². The molecule has 2 saturated carbocycles. The van der Waals surface area contributed by atoms with Crippen molar-refractivity contribution >= 4 is 5.69 Å². The molecule has 1 saturated heterocycles. The van der Waals surface area contributed by atoms with Gasteiger partial charge in [0.25, 0.3) is 0 Å². The van der Waals surface area contributed by atoms with Crippen LogP contribution in [0.2, 0.25) is 0 Å². The zero-order valence-corrected chi connectivity index (χ0v) is 17.5. The van der Waals surface area contributed by atoms with Gasteiger partial charge in [-0.3, -0.25) is 0 Å². The quantitative estimate of drug-likeness (QED) is 0.625. The molecule has 0 aromatic heterocycles. The van der Waals surface area contributed by atoms with Crippen molar-refractivity contribution in [1.82, 2.24) is 4.90 Å². The van der Waals surface area contributed by atoms with E-state index in [1.165, 1.54) is 61.9 Å². The highest BCUT2D eigenvalue weighted by Gasteiger charge is 2.34. The van der Waals surface area contributed by atoms with Crippen LogP contribution >= 0.6 is 0 Å². The van der Waals surface area contributed by atoms with Crippen molar-refractivity contribution in [1.29, 1.82) is 0 Å². The molecule has 2 aliphatic carbocycles. The maximum absolute atomic E-state index is 4.58. The van der Waals surface area contributed by atoms with E-state index in [0.29, 0.717) is 5.92 Å². The molecule has 0 N–H and O–H groups in total. The van der Waals surface area contributed by atoms with Gasteiger partial charge >= 0.3 is 0 Å². The molecule has 2 atom stereocenters. The van der Waals surface area contributed by atoms with Crippen LogP contribution in [0, 0.1) is 17.8 Å². The van der Waals surface area contributed by atoms with Gasteiger partial charge in [0.2, 0.25) is 0 Å². The van der Waals surface area contributed by atoms with Crippen LogP contribution < -0.4 is 4.90 Å². The number of hydrogen-bond donors (Lipinski definition) is 0. The van der Waals surface area contributed by atoms with E-state index in [0.717, 1.165) is 43.9 Å². The van der Waals surface area contributed by atoms with Crippen molar-refractivity contribution in [2.75, 3.05) is 31.1 Å². The van der Waals surface area contributed by atoms with Gasteiger partial charge in [-0.25, -0.2) is 0 Å². The Morgan fingerprint density at radius 3 is 2.11 bits per heavy atom. The summed E-state index contributed by atoms with van der Waals surface area (Å²) in [6.07, 6.45) is 10.2. The number of rotatable bonds is 5. The summed E-state index contributed by atoms with van der Waals surface area (Å²) in [4.78, 5) is 5.15. The lowest BCUT2D eigenvalue weighted by Crippen LogP contribution is -2.47. The summed E-state index contributed by atoms with van der Waals surface area (Å²) in [6, 6.07) is 9.22. The van der Waals surface area contributed by atoms with Crippen LogP contribution in [0.3, 0.4) is 0 Å². The maximum Gasteiger partial charge on any atom is 0.0367 e. The number of hydrogen-bond acceptors (Lipinski definition) is 2. The lowest BCUT2D eigenvalue weighted by atomic mass is 9.67. The van der Waals surface area contributed by atoms with Crippen LogP contribution in [0.25, 0.3) is 0 Å². The second-order valence-electron chi connectivity index (χ2n) is 9.53. The highest BCUT2D eigenvalue weighted by Crippen LogP contribution is 2.44. The average Bonchev–Trinajstić information content (AvgIpc) is 2.66. The zero-order chi connectivity index (χ0) is 18.8. The Bertz CT molecular complexity index is 620. The van der Waals surface area contributed by atoms with E-state index in [1.54, 1.807) is 0 Å². The van der Waals surface area contributed by atoms with Gasteiger partial charge in [0, 0.05) is 37.6 Å². The largest absolute Gasteiger partial charge is 0.372 e. The van der Waals surface area contributed by atoms with Crippen LogP contribution in [-0.2, 0) is 0 Å². The number of anilines is 1. The summed E-state index contributed by atoms with van der Waals surface area (Å²) in [5.74, 6) is 3.40.